The summed E-state index contributed by atoms with van der Waals surface area (Å²) in [4.78, 5) is 13.2. The van der Waals surface area contributed by atoms with E-state index in [2.05, 4.69) is 19.2 Å². The van der Waals surface area contributed by atoms with Crippen LogP contribution in [0.1, 0.15) is 62.8 Å². The zero-order valence-corrected chi connectivity index (χ0v) is 20.6. The van der Waals surface area contributed by atoms with E-state index in [9.17, 15) is 17.6 Å². The fourth-order valence-electron chi connectivity index (χ4n) is 3.85. The maximum atomic E-state index is 13.4. The first-order valence-electron chi connectivity index (χ1n) is 10.6. The molecule has 0 aliphatic rings. The van der Waals surface area contributed by atoms with Crippen molar-refractivity contribution in [1.29, 1.82) is 0 Å². The second-order valence-electron chi connectivity index (χ2n) is 8.30. The van der Waals surface area contributed by atoms with Crippen molar-refractivity contribution in [3.05, 3.63) is 58.9 Å². The van der Waals surface area contributed by atoms with Gasteiger partial charge in [0.05, 0.1) is 25.1 Å². The highest BCUT2D eigenvalue weighted by molar-refractivity contribution is 7.92. The molecule has 0 fully saturated rings. The van der Waals surface area contributed by atoms with E-state index < -0.39 is 27.8 Å². The van der Waals surface area contributed by atoms with E-state index in [0.717, 1.165) is 33.0 Å². The van der Waals surface area contributed by atoms with E-state index in [0.29, 0.717) is 0 Å². The van der Waals surface area contributed by atoms with Crippen LogP contribution >= 0.6 is 0 Å². The summed E-state index contributed by atoms with van der Waals surface area (Å²) >= 11 is 0. The molecule has 176 valence electrons. The van der Waals surface area contributed by atoms with Crippen LogP contribution in [0.25, 0.3) is 0 Å². The van der Waals surface area contributed by atoms with Crippen molar-refractivity contribution in [2.75, 3.05) is 17.7 Å². The summed E-state index contributed by atoms with van der Waals surface area (Å²) in [6, 6.07) is 7.72. The molecule has 0 aliphatic heterocycles. The number of ether oxygens (including phenoxy) is 1. The lowest BCUT2D eigenvalue weighted by Gasteiger charge is -2.31. The number of nitrogens with zero attached hydrogens (tertiary/aromatic N) is 1. The van der Waals surface area contributed by atoms with Crippen LogP contribution in [0.3, 0.4) is 0 Å². The predicted molar refractivity (Wildman–Crippen MR) is 126 cm³/mol. The Balaban J connectivity index is 2.38. The minimum Gasteiger partial charge on any atom is -0.496 e. The molecule has 1 N–H and O–H groups in total. The number of amides is 1. The molecule has 0 bridgehead atoms. The van der Waals surface area contributed by atoms with E-state index in [1.54, 1.807) is 14.0 Å². The second kappa shape index (κ2) is 10.3. The standard InChI is InChI=1S/C24H33FN2O4S/c1-8-22(27(32(7,29)30)19-11-9-18(25)10-12-19)24(28)26-17(5)21-14-20(15(2)3)23(31-6)13-16(21)4/h9-15,17,22H,8H2,1-7H3,(H,26,28)/t17-,22-/m0/s1. The van der Waals surface area contributed by atoms with Crippen LogP contribution in [0, 0.1) is 12.7 Å². The average Bonchev–Trinajstić information content (AvgIpc) is 2.71. The summed E-state index contributed by atoms with van der Waals surface area (Å²) in [7, 11) is -2.16. The summed E-state index contributed by atoms with van der Waals surface area (Å²) < 4.78 is 45.0. The molecule has 8 heteroatoms. The number of benzene rings is 2. The van der Waals surface area contributed by atoms with Gasteiger partial charge in [-0.25, -0.2) is 12.8 Å². The molecule has 32 heavy (non-hydrogen) atoms. The van der Waals surface area contributed by atoms with Gasteiger partial charge >= 0.3 is 0 Å². The van der Waals surface area contributed by atoms with Gasteiger partial charge in [0.25, 0.3) is 0 Å². The van der Waals surface area contributed by atoms with E-state index >= 15 is 0 Å². The van der Waals surface area contributed by atoms with Crippen LogP contribution in [0.4, 0.5) is 10.1 Å². The normalized spacial score (nSPS) is 13.5. The Morgan fingerprint density at radius 2 is 1.72 bits per heavy atom. The van der Waals surface area contributed by atoms with Gasteiger partial charge in [0.2, 0.25) is 15.9 Å². The number of aryl methyl sites for hydroxylation is 1. The molecule has 2 aromatic rings. The third-order valence-corrected chi connectivity index (χ3v) is 6.66. The number of hydrogen-bond donors (Lipinski definition) is 1. The smallest absolute Gasteiger partial charge is 0.244 e. The minimum atomic E-state index is -3.79. The Morgan fingerprint density at radius 3 is 2.19 bits per heavy atom. The van der Waals surface area contributed by atoms with E-state index in [-0.39, 0.29) is 24.1 Å². The quantitative estimate of drug-likeness (QED) is 0.584. The Hall–Kier alpha value is -2.61. The molecule has 0 spiro atoms. The van der Waals surface area contributed by atoms with E-state index in [1.165, 1.54) is 24.3 Å². The molecule has 0 aromatic heterocycles. The van der Waals surface area contributed by atoms with Gasteiger partial charge in [-0.05, 0) is 79.3 Å². The van der Waals surface area contributed by atoms with Crippen molar-refractivity contribution >= 4 is 21.6 Å². The second-order valence-corrected chi connectivity index (χ2v) is 10.2. The fourth-order valence-corrected chi connectivity index (χ4v) is 5.06. The summed E-state index contributed by atoms with van der Waals surface area (Å²) in [6.45, 7) is 9.70. The van der Waals surface area contributed by atoms with Crippen LogP contribution in [0.2, 0.25) is 0 Å². The number of nitrogens with one attached hydrogen (secondary N) is 1. The number of halogens is 1. The predicted octanol–water partition coefficient (Wildman–Crippen LogP) is 4.69. The maximum Gasteiger partial charge on any atom is 0.244 e. The molecule has 0 saturated heterocycles. The van der Waals surface area contributed by atoms with Crippen LogP contribution in [-0.2, 0) is 14.8 Å². The molecule has 0 radical (unpaired) electrons. The number of hydrogen-bond acceptors (Lipinski definition) is 4. The Labute approximate surface area is 190 Å². The molecule has 0 aliphatic carbocycles. The summed E-state index contributed by atoms with van der Waals surface area (Å²) in [5.41, 5.74) is 3.17. The number of carbonyl (C=O) groups excluding carboxylic acids is 1. The van der Waals surface area contributed by atoms with Gasteiger partial charge in [0, 0.05) is 0 Å². The summed E-state index contributed by atoms with van der Waals surface area (Å²) in [6.07, 6.45) is 1.29. The first-order valence-corrected chi connectivity index (χ1v) is 12.5. The number of methoxy groups -OCH3 is 1. The van der Waals surface area contributed by atoms with Crippen molar-refractivity contribution in [3.63, 3.8) is 0 Å². The number of carbonyl (C=O) groups is 1. The molecule has 0 saturated carbocycles. The Morgan fingerprint density at radius 1 is 1.12 bits per heavy atom. The first-order chi connectivity index (χ1) is 14.9. The highest BCUT2D eigenvalue weighted by Crippen LogP contribution is 2.32. The molecule has 2 atom stereocenters. The van der Waals surface area contributed by atoms with Gasteiger partial charge in [0.15, 0.2) is 0 Å². The van der Waals surface area contributed by atoms with Gasteiger partial charge in [-0.2, -0.15) is 0 Å². The SMILES string of the molecule is CC[C@@H](C(=O)N[C@@H](C)c1cc(C(C)C)c(OC)cc1C)N(c1ccc(F)cc1)S(C)(=O)=O. The van der Waals surface area contributed by atoms with Crippen molar-refractivity contribution in [2.24, 2.45) is 0 Å². The zero-order valence-electron chi connectivity index (χ0n) is 19.8. The van der Waals surface area contributed by atoms with E-state index in [4.69, 9.17) is 4.74 Å². The third-order valence-electron chi connectivity index (χ3n) is 5.48. The van der Waals surface area contributed by atoms with Gasteiger partial charge in [-0.3, -0.25) is 9.10 Å². The largest absolute Gasteiger partial charge is 0.496 e. The molecule has 0 heterocycles. The molecule has 2 rings (SSSR count). The molecular weight excluding hydrogens is 431 g/mol. The Kier molecular flexibility index (Phi) is 8.29. The minimum absolute atomic E-state index is 0.231. The van der Waals surface area contributed by atoms with Gasteiger partial charge in [0.1, 0.15) is 17.6 Å². The highest BCUT2D eigenvalue weighted by atomic mass is 32.2. The zero-order chi connectivity index (χ0) is 24.2. The van der Waals surface area contributed by atoms with Crippen LogP contribution in [-0.4, -0.2) is 33.7 Å². The molecular formula is C24H33FN2O4S. The average molecular weight is 465 g/mol. The molecule has 2 aromatic carbocycles. The van der Waals surface area contributed by atoms with Crippen LogP contribution < -0.4 is 14.4 Å². The van der Waals surface area contributed by atoms with Crippen LogP contribution in [0.15, 0.2) is 36.4 Å². The van der Waals surface area contributed by atoms with Gasteiger partial charge in [-0.15, -0.1) is 0 Å². The van der Waals surface area contributed by atoms with E-state index in [1.807, 2.05) is 26.0 Å². The first kappa shape index (κ1) is 25.6. The number of sulfonamides is 1. The van der Waals surface area contributed by atoms with Gasteiger partial charge < -0.3 is 10.1 Å². The Bertz CT molecular complexity index is 1050. The molecule has 6 nitrogen and oxygen atoms in total. The van der Waals surface area contributed by atoms with Crippen molar-refractivity contribution in [3.8, 4) is 5.75 Å². The van der Waals surface area contributed by atoms with Crippen molar-refractivity contribution in [1.82, 2.24) is 5.32 Å². The number of rotatable bonds is 9. The number of anilines is 1. The third kappa shape index (κ3) is 5.79. The summed E-state index contributed by atoms with van der Waals surface area (Å²) in [5, 5.41) is 2.97. The monoisotopic (exact) mass is 464 g/mol. The summed E-state index contributed by atoms with van der Waals surface area (Å²) in [5.74, 6) is 0.126. The van der Waals surface area contributed by atoms with Crippen LogP contribution in [0.5, 0.6) is 5.75 Å². The molecule has 0 unspecified atom stereocenters. The highest BCUT2D eigenvalue weighted by Gasteiger charge is 2.32. The van der Waals surface area contributed by atoms with Gasteiger partial charge in [-0.1, -0.05) is 20.8 Å². The topological polar surface area (TPSA) is 75.7 Å². The maximum absolute atomic E-state index is 13.4. The lowest BCUT2D eigenvalue weighted by molar-refractivity contribution is -0.122. The van der Waals surface area contributed by atoms with Crippen molar-refractivity contribution in [2.45, 2.75) is 59.0 Å². The lowest BCUT2D eigenvalue weighted by atomic mass is 9.93. The van der Waals surface area contributed by atoms with Crippen molar-refractivity contribution < 1.29 is 22.3 Å². The molecule has 1 amide bonds. The fraction of sp³-hybridized carbons (Fsp3) is 0.458. The lowest BCUT2D eigenvalue weighted by Crippen LogP contribution is -2.49.